The molecule has 1 saturated carbocycles. The van der Waals surface area contributed by atoms with Gasteiger partial charge in [0.15, 0.2) is 5.78 Å². The smallest absolute Gasteiger partial charge is 0.166 e. The summed E-state index contributed by atoms with van der Waals surface area (Å²) < 4.78 is 6.13. The Morgan fingerprint density at radius 2 is 2.17 bits per heavy atom. The Balaban J connectivity index is 2.45. The van der Waals surface area contributed by atoms with Crippen molar-refractivity contribution in [2.24, 2.45) is 17.3 Å². The minimum Gasteiger partial charge on any atom is -0.491 e. The van der Waals surface area contributed by atoms with E-state index in [0.717, 1.165) is 18.6 Å². The number of carbonyl (C=O) groups excluding carboxylic acids is 1. The van der Waals surface area contributed by atoms with E-state index >= 15 is 0 Å². The first-order valence-corrected chi connectivity index (χ1v) is 6.88. The highest BCUT2D eigenvalue weighted by molar-refractivity contribution is 5.94. The fourth-order valence-electron chi connectivity index (χ4n) is 3.93. The van der Waals surface area contributed by atoms with E-state index in [0.29, 0.717) is 12.3 Å². The zero-order chi connectivity index (χ0) is 13.6. The Morgan fingerprint density at radius 1 is 1.50 bits per heavy atom. The van der Waals surface area contributed by atoms with Gasteiger partial charge in [-0.05, 0) is 37.5 Å². The second-order valence-corrected chi connectivity index (χ2v) is 6.43. The molecule has 0 radical (unpaired) electrons. The lowest BCUT2D eigenvalue weighted by atomic mass is 9.67. The van der Waals surface area contributed by atoms with Gasteiger partial charge in [-0.3, -0.25) is 4.79 Å². The van der Waals surface area contributed by atoms with Gasteiger partial charge in [0.2, 0.25) is 0 Å². The van der Waals surface area contributed by atoms with Crippen molar-refractivity contribution in [2.45, 2.75) is 52.6 Å². The lowest BCUT2D eigenvalue weighted by Crippen LogP contribution is -2.51. The van der Waals surface area contributed by atoms with Crippen LogP contribution in [0.2, 0.25) is 0 Å². The monoisotopic (exact) mass is 252 g/mol. The van der Waals surface area contributed by atoms with Crippen LogP contribution in [0.1, 0.15) is 47.0 Å². The van der Waals surface area contributed by atoms with Crippen molar-refractivity contribution in [1.29, 1.82) is 0 Å². The molecular weight excluding hydrogens is 228 g/mol. The first-order chi connectivity index (χ1) is 8.35. The lowest BCUT2D eigenvalue weighted by Gasteiger charge is -2.45. The Bertz CT molecular complexity index is 385. The van der Waals surface area contributed by atoms with Gasteiger partial charge in [0.25, 0.3) is 0 Å². The molecule has 0 bridgehead atoms. The average Bonchev–Trinajstić information content (AvgIpc) is 2.54. The molecule has 2 aliphatic rings. The number of aliphatic hydroxyl groups is 1. The number of allylic oxidation sites excluding steroid dienone is 2. The summed E-state index contributed by atoms with van der Waals surface area (Å²) in [5, 5.41) is 9.28. The summed E-state index contributed by atoms with van der Waals surface area (Å²) in [6.45, 7) is 8.37. The van der Waals surface area contributed by atoms with Crippen molar-refractivity contribution in [1.82, 2.24) is 0 Å². The summed E-state index contributed by atoms with van der Waals surface area (Å²) in [6.07, 6.45) is 4.16. The molecule has 1 aliphatic carbocycles. The van der Waals surface area contributed by atoms with Crippen molar-refractivity contribution < 1.29 is 14.6 Å². The molecule has 0 saturated heterocycles. The van der Waals surface area contributed by atoms with Crippen molar-refractivity contribution in [2.75, 3.05) is 6.61 Å². The molecule has 1 heterocycles. The fraction of sp³-hybridized carbons (Fsp3) is 0.800. The molecule has 3 nitrogen and oxygen atoms in total. The first-order valence-electron chi connectivity index (χ1n) is 6.88. The predicted octanol–water partition coefficient (Wildman–Crippen LogP) is 2.68. The highest BCUT2D eigenvalue weighted by Gasteiger charge is 2.61. The molecule has 0 aromatic carbocycles. The summed E-state index contributed by atoms with van der Waals surface area (Å²) in [5.41, 5.74) is -0.493. The molecule has 0 aromatic rings. The van der Waals surface area contributed by atoms with Gasteiger partial charge in [-0.2, -0.15) is 0 Å². The van der Waals surface area contributed by atoms with Crippen molar-refractivity contribution in [3.63, 3.8) is 0 Å². The third kappa shape index (κ3) is 1.80. The molecule has 1 aliphatic heterocycles. The SMILES string of the molecule is CC1=CC(=O)[C@@H]2[C@@](C)(CCO)CC[C@]2(C(C)C)O1. The van der Waals surface area contributed by atoms with Crippen LogP contribution in [-0.4, -0.2) is 23.1 Å². The Hall–Kier alpha value is -0.830. The van der Waals surface area contributed by atoms with E-state index in [9.17, 15) is 9.90 Å². The van der Waals surface area contributed by atoms with Crippen molar-refractivity contribution in [3.05, 3.63) is 11.8 Å². The summed E-state index contributed by atoms with van der Waals surface area (Å²) in [7, 11) is 0. The van der Waals surface area contributed by atoms with Gasteiger partial charge < -0.3 is 9.84 Å². The number of fused-ring (bicyclic) bond motifs is 1. The summed E-state index contributed by atoms with van der Waals surface area (Å²) >= 11 is 0. The first kappa shape index (κ1) is 13.6. The van der Waals surface area contributed by atoms with E-state index in [-0.39, 0.29) is 29.3 Å². The van der Waals surface area contributed by atoms with E-state index in [1.54, 1.807) is 6.08 Å². The maximum atomic E-state index is 12.4. The van der Waals surface area contributed by atoms with E-state index < -0.39 is 0 Å². The van der Waals surface area contributed by atoms with Crippen LogP contribution in [0.4, 0.5) is 0 Å². The molecular formula is C15H24O3. The van der Waals surface area contributed by atoms with E-state index in [1.165, 1.54) is 0 Å². The Morgan fingerprint density at radius 3 is 2.72 bits per heavy atom. The molecule has 0 aromatic heterocycles. The van der Waals surface area contributed by atoms with E-state index in [1.807, 2.05) is 6.92 Å². The number of ether oxygens (including phenoxy) is 1. The largest absolute Gasteiger partial charge is 0.491 e. The van der Waals surface area contributed by atoms with Crippen molar-refractivity contribution in [3.8, 4) is 0 Å². The maximum Gasteiger partial charge on any atom is 0.166 e. The average molecular weight is 252 g/mol. The third-order valence-electron chi connectivity index (χ3n) is 4.91. The van der Waals surface area contributed by atoms with Gasteiger partial charge in [-0.25, -0.2) is 0 Å². The van der Waals surface area contributed by atoms with Crippen molar-refractivity contribution >= 4 is 5.78 Å². The molecule has 3 atom stereocenters. The molecule has 3 heteroatoms. The highest BCUT2D eigenvalue weighted by Crippen LogP contribution is 2.58. The van der Waals surface area contributed by atoms with Crippen LogP contribution in [-0.2, 0) is 9.53 Å². The number of aliphatic hydroxyl groups excluding tert-OH is 1. The molecule has 0 unspecified atom stereocenters. The third-order valence-corrected chi connectivity index (χ3v) is 4.91. The molecule has 1 fully saturated rings. The van der Waals surface area contributed by atoms with Gasteiger partial charge in [-0.1, -0.05) is 20.8 Å². The van der Waals surface area contributed by atoms with Crippen LogP contribution in [0, 0.1) is 17.3 Å². The summed E-state index contributed by atoms with van der Waals surface area (Å²) in [4.78, 5) is 12.4. The molecule has 1 N–H and O–H groups in total. The molecule has 2 rings (SSSR count). The Kier molecular flexibility index (Phi) is 3.30. The van der Waals surface area contributed by atoms with Gasteiger partial charge >= 0.3 is 0 Å². The van der Waals surface area contributed by atoms with Gasteiger partial charge in [-0.15, -0.1) is 0 Å². The topological polar surface area (TPSA) is 46.5 Å². The highest BCUT2D eigenvalue weighted by atomic mass is 16.5. The lowest BCUT2D eigenvalue weighted by molar-refractivity contribution is -0.144. The zero-order valence-electron chi connectivity index (χ0n) is 11.8. The number of hydrogen-bond donors (Lipinski definition) is 1. The van der Waals surface area contributed by atoms with E-state index in [2.05, 4.69) is 20.8 Å². The number of carbonyl (C=O) groups is 1. The van der Waals surface area contributed by atoms with Crippen LogP contribution in [0.15, 0.2) is 11.8 Å². The normalized spacial score (nSPS) is 39.6. The second-order valence-electron chi connectivity index (χ2n) is 6.43. The maximum absolute atomic E-state index is 12.4. The van der Waals surface area contributed by atoms with Crippen LogP contribution < -0.4 is 0 Å². The number of hydrogen-bond acceptors (Lipinski definition) is 3. The quantitative estimate of drug-likeness (QED) is 0.840. The number of rotatable bonds is 3. The van der Waals surface area contributed by atoms with Gasteiger partial charge in [0, 0.05) is 12.7 Å². The molecule has 0 spiro atoms. The minimum absolute atomic E-state index is 0.110. The van der Waals surface area contributed by atoms with Crippen LogP contribution in [0.5, 0.6) is 0 Å². The molecule has 102 valence electrons. The Labute approximate surface area is 109 Å². The molecule has 0 amide bonds. The number of ketones is 1. The molecule has 18 heavy (non-hydrogen) atoms. The van der Waals surface area contributed by atoms with Gasteiger partial charge in [0.1, 0.15) is 5.60 Å². The van der Waals surface area contributed by atoms with E-state index in [4.69, 9.17) is 4.74 Å². The van der Waals surface area contributed by atoms with Crippen LogP contribution in [0.25, 0.3) is 0 Å². The summed E-state index contributed by atoms with van der Waals surface area (Å²) in [6, 6.07) is 0. The second kappa shape index (κ2) is 4.37. The summed E-state index contributed by atoms with van der Waals surface area (Å²) in [5.74, 6) is 1.11. The standard InChI is InChI=1S/C15H24O3/c1-10(2)15-6-5-14(4,7-8-16)13(15)12(17)9-11(3)18-15/h9-10,13,16H,5-8H2,1-4H3/t13-,14-,15-/m1/s1. The fourth-order valence-corrected chi connectivity index (χ4v) is 3.93. The predicted molar refractivity (Wildman–Crippen MR) is 70.0 cm³/mol. The zero-order valence-corrected chi connectivity index (χ0v) is 11.8. The van der Waals surface area contributed by atoms with Crippen LogP contribution >= 0.6 is 0 Å². The minimum atomic E-state index is -0.361. The van der Waals surface area contributed by atoms with Gasteiger partial charge in [0.05, 0.1) is 11.7 Å². The van der Waals surface area contributed by atoms with Crippen LogP contribution in [0.3, 0.4) is 0 Å².